The maximum atomic E-state index is 12.9. The van der Waals surface area contributed by atoms with Gasteiger partial charge in [0.1, 0.15) is 13.2 Å². The van der Waals surface area contributed by atoms with Gasteiger partial charge in [-0.3, -0.25) is 14.4 Å². The standard InChI is InChI=1S/C67H124O6/c1-4-7-10-13-16-19-22-25-28-30-32-33-35-36-39-42-45-48-51-54-57-60-66(69)72-63-64(62-71-65(68)59-56-53-50-47-44-41-38-27-24-21-18-15-12-9-6-3)73-67(70)61-58-55-52-49-46-43-40-37-34-31-29-26-23-20-17-14-11-8-5-2/h9,12,18,21,27,38,64H,4-8,10-11,13-17,19-20,22-26,28-37,39-63H2,1-3H3/b12-9-,21-18-,38-27-. The fourth-order valence-corrected chi connectivity index (χ4v) is 9.81. The molecule has 0 spiro atoms. The first kappa shape index (κ1) is 70.6. The SMILES string of the molecule is CC/C=C\C/C=C\C/C=C\CCCCCCCC(=O)OCC(COC(=O)CCCCCCCCCCCCCCCCCCCCCCC)OC(=O)CCCCCCCCCCCCCCCCCCCCC. The van der Waals surface area contributed by atoms with E-state index in [2.05, 4.69) is 57.2 Å². The summed E-state index contributed by atoms with van der Waals surface area (Å²) in [6.45, 7) is 6.59. The lowest BCUT2D eigenvalue weighted by Gasteiger charge is -2.18. The summed E-state index contributed by atoms with van der Waals surface area (Å²) in [6, 6.07) is 0. The Morgan fingerprint density at radius 2 is 0.534 bits per heavy atom. The second-order valence-corrected chi connectivity index (χ2v) is 22.0. The van der Waals surface area contributed by atoms with Crippen LogP contribution >= 0.6 is 0 Å². The van der Waals surface area contributed by atoms with Crippen LogP contribution in [-0.4, -0.2) is 37.2 Å². The average molecular weight is 1030 g/mol. The molecule has 0 rings (SSSR count). The Balaban J connectivity index is 4.30. The highest BCUT2D eigenvalue weighted by Crippen LogP contribution is 2.18. The topological polar surface area (TPSA) is 78.9 Å². The largest absolute Gasteiger partial charge is 0.462 e. The Kier molecular flexibility index (Phi) is 60.2. The molecule has 0 aliphatic rings. The van der Waals surface area contributed by atoms with Crippen LogP contribution < -0.4 is 0 Å². The molecule has 1 atom stereocenters. The van der Waals surface area contributed by atoms with E-state index in [9.17, 15) is 14.4 Å². The number of rotatable bonds is 60. The van der Waals surface area contributed by atoms with Crippen LogP contribution in [0.3, 0.4) is 0 Å². The van der Waals surface area contributed by atoms with Gasteiger partial charge in [0, 0.05) is 19.3 Å². The molecule has 0 aromatic rings. The number of esters is 3. The molecule has 0 aromatic carbocycles. The van der Waals surface area contributed by atoms with Gasteiger partial charge in [-0.25, -0.2) is 0 Å². The summed E-state index contributed by atoms with van der Waals surface area (Å²) in [6.07, 6.45) is 75.8. The van der Waals surface area contributed by atoms with Crippen molar-refractivity contribution in [2.45, 2.75) is 361 Å². The van der Waals surface area contributed by atoms with Crippen molar-refractivity contribution in [2.24, 2.45) is 0 Å². The fraction of sp³-hybridized carbons (Fsp3) is 0.866. The molecule has 0 radical (unpaired) electrons. The zero-order valence-electron chi connectivity index (χ0n) is 49.2. The maximum Gasteiger partial charge on any atom is 0.306 e. The highest BCUT2D eigenvalue weighted by Gasteiger charge is 2.19. The Hall–Kier alpha value is -2.37. The van der Waals surface area contributed by atoms with Gasteiger partial charge in [-0.1, -0.05) is 320 Å². The summed E-state index contributed by atoms with van der Waals surface area (Å²) in [5.41, 5.74) is 0. The van der Waals surface area contributed by atoms with Crippen molar-refractivity contribution in [3.8, 4) is 0 Å². The normalized spacial score (nSPS) is 12.2. The first-order valence-electron chi connectivity index (χ1n) is 32.5. The van der Waals surface area contributed by atoms with Crippen molar-refractivity contribution in [3.05, 3.63) is 36.5 Å². The summed E-state index contributed by atoms with van der Waals surface area (Å²) in [5.74, 6) is -0.863. The minimum atomic E-state index is -0.776. The molecular formula is C67H124O6. The first-order chi connectivity index (χ1) is 36.0. The van der Waals surface area contributed by atoms with E-state index in [4.69, 9.17) is 14.2 Å². The van der Waals surface area contributed by atoms with Crippen LogP contribution in [0.1, 0.15) is 355 Å². The molecule has 0 saturated heterocycles. The molecule has 6 nitrogen and oxygen atoms in total. The molecule has 6 heteroatoms. The molecular weight excluding hydrogens is 901 g/mol. The molecule has 0 fully saturated rings. The molecule has 428 valence electrons. The Morgan fingerprint density at radius 1 is 0.288 bits per heavy atom. The van der Waals surface area contributed by atoms with E-state index in [0.717, 1.165) is 96.3 Å². The average Bonchev–Trinajstić information content (AvgIpc) is 3.39. The number of ether oxygens (including phenoxy) is 3. The van der Waals surface area contributed by atoms with Crippen molar-refractivity contribution in [1.29, 1.82) is 0 Å². The van der Waals surface area contributed by atoms with Crippen LogP contribution in [0.2, 0.25) is 0 Å². The van der Waals surface area contributed by atoms with E-state index in [1.807, 2.05) is 0 Å². The van der Waals surface area contributed by atoms with E-state index in [1.165, 1.54) is 218 Å². The maximum absolute atomic E-state index is 12.9. The van der Waals surface area contributed by atoms with Crippen LogP contribution in [0.4, 0.5) is 0 Å². The molecule has 0 amide bonds. The van der Waals surface area contributed by atoms with Gasteiger partial charge in [0.25, 0.3) is 0 Å². The Labute approximate surface area is 455 Å². The Bertz CT molecular complexity index is 1220. The number of unbranched alkanes of at least 4 members (excludes halogenated alkanes) is 43. The summed E-state index contributed by atoms with van der Waals surface area (Å²) >= 11 is 0. The second kappa shape index (κ2) is 62.2. The van der Waals surface area contributed by atoms with Crippen LogP contribution in [-0.2, 0) is 28.6 Å². The van der Waals surface area contributed by atoms with Crippen LogP contribution in [0.5, 0.6) is 0 Å². The van der Waals surface area contributed by atoms with Crippen molar-refractivity contribution in [2.75, 3.05) is 13.2 Å². The Morgan fingerprint density at radius 3 is 0.836 bits per heavy atom. The predicted molar refractivity (Wildman–Crippen MR) is 316 cm³/mol. The van der Waals surface area contributed by atoms with E-state index in [1.54, 1.807) is 0 Å². The van der Waals surface area contributed by atoms with E-state index in [0.29, 0.717) is 19.3 Å². The lowest BCUT2D eigenvalue weighted by atomic mass is 10.0. The van der Waals surface area contributed by atoms with Crippen molar-refractivity contribution >= 4 is 17.9 Å². The van der Waals surface area contributed by atoms with Crippen molar-refractivity contribution in [1.82, 2.24) is 0 Å². The molecule has 0 saturated carbocycles. The lowest BCUT2D eigenvalue weighted by molar-refractivity contribution is -0.167. The highest BCUT2D eigenvalue weighted by molar-refractivity contribution is 5.71. The van der Waals surface area contributed by atoms with Crippen LogP contribution in [0, 0.1) is 0 Å². The van der Waals surface area contributed by atoms with Gasteiger partial charge >= 0.3 is 17.9 Å². The fourth-order valence-electron chi connectivity index (χ4n) is 9.81. The van der Waals surface area contributed by atoms with E-state index in [-0.39, 0.29) is 31.1 Å². The van der Waals surface area contributed by atoms with Gasteiger partial charge in [0.2, 0.25) is 0 Å². The third-order valence-electron chi connectivity index (χ3n) is 14.7. The molecule has 0 N–H and O–H groups in total. The first-order valence-corrected chi connectivity index (χ1v) is 32.5. The van der Waals surface area contributed by atoms with Gasteiger partial charge in [-0.15, -0.1) is 0 Å². The zero-order valence-corrected chi connectivity index (χ0v) is 49.2. The minimum absolute atomic E-state index is 0.0721. The van der Waals surface area contributed by atoms with Crippen LogP contribution in [0.15, 0.2) is 36.5 Å². The zero-order chi connectivity index (χ0) is 52.9. The second-order valence-electron chi connectivity index (χ2n) is 22.0. The van der Waals surface area contributed by atoms with Gasteiger partial charge in [0.15, 0.2) is 6.10 Å². The highest BCUT2D eigenvalue weighted by atomic mass is 16.6. The van der Waals surface area contributed by atoms with E-state index >= 15 is 0 Å². The van der Waals surface area contributed by atoms with Gasteiger partial charge < -0.3 is 14.2 Å². The molecule has 0 bridgehead atoms. The number of hydrogen-bond acceptors (Lipinski definition) is 6. The third kappa shape index (κ3) is 60.4. The summed E-state index contributed by atoms with van der Waals surface area (Å²) < 4.78 is 16.9. The number of carbonyl (C=O) groups is 3. The third-order valence-corrected chi connectivity index (χ3v) is 14.7. The number of hydrogen-bond donors (Lipinski definition) is 0. The van der Waals surface area contributed by atoms with Crippen LogP contribution in [0.25, 0.3) is 0 Å². The summed E-state index contributed by atoms with van der Waals surface area (Å²) in [5, 5.41) is 0. The van der Waals surface area contributed by atoms with Crippen molar-refractivity contribution in [3.63, 3.8) is 0 Å². The monoisotopic (exact) mass is 1020 g/mol. The van der Waals surface area contributed by atoms with Crippen molar-refractivity contribution < 1.29 is 28.6 Å². The summed E-state index contributed by atoms with van der Waals surface area (Å²) in [7, 11) is 0. The quantitative estimate of drug-likeness (QED) is 0.0261. The lowest BCUT2D eigenvalue weighted by Crippen LogP contribution is -2.30. The molecule has 0 heterocycles. The molecule has 1 unspecified atom stereocenters. The van der Waals surface area contributed by atoms with Gasteiger partial charge in [-0.2, -0.15) is 0 Å². The summed E-state index contributed by atoms with van der Waals surface area (Å²) in [4.78, 5) is 38.3. The minimum Gasteiger partial charge on any atom is -0.462 e. The van der Waals surface area contributed by atoms with Gasteiger partial charge in [-0.05, 0) is 51.4 Å². The van der Waals surface area contributed by atoms with Gasteiger partial charge in [0.05, 0.1) is 0 Å². The predicted octanol–water partition coefficient (Wildman–Crippen LogP) is 22.0. The number of allylic oxidation sites excluding steroid dienone is 6. The molecule has 0 aliphatic heterocycles. The molecule has 73 heavy (non-hydrogen) atoms. The molecule has 0 aromatic heterocycles. The number of carbonyl (C=O) groups excluding carboxylic acids is 3. The smallest absolute Gasteiger partial charge is 0.306 e. The van der Waals surface area contributed by atoms with E-state index < -0.39 is 6.10 Å². The molecule has 0 aliphatic carbocycles.